The number of hydrogen-bond donors (Lipinski definition) is 0. The average molecular weight is 485 g/mol. The van der Waals surface area contributed by atoms with Gasteiger partial charge in [0, 0.05) is 17.8 Å². The SMILES string of the molecule is COc1cccc(CN2C(=O)CN(C(=O)c3cc4ccccc4s3)C[C@@H]2CCc2ccccc2)c1. The Morgan fingerprint density at radius 3 is 2.54 bits per heavy atom. The molecular formula is C29H28N2O3S. The van der Waals surface area contributed by atoms with Gasteiger partial charge in [0.2, 0.25) is 5.91 Å². The number of carbonyl (C=O) groups excluding carboxylic acids is 2. The summed E-state index contributed by atoms with van der Waals surface area (Å²) >= 11 is 1.49. The van der Waals surface area contributed by atoms with Crippen molar-refractivity contribution >= 4 is 33.2 Å². The lowest BCUT2D eigenvalue weighted by Gasteiger charge is -2.41. The molecule has 1 aromatic heterocycles. The Bertz CT molecular complexity index is 1300. The van der Waals surface area contributed by atoms with Gasteiger partial charge in [0.05, 0.1) is 18.0 Å². The van der Waals surface area contributed by atoms with Crippen molar-refractivity contribution in [3.63, 3.8) is 0 Å². The van der Waals surface area contributed by atoms with Crippen LogP contribution in [0.2, 0.25) is 0 Å². The summed E-state index contributed by atoms with van der Waals surface area (Å²) in [5.41, 5.74) is 2.25. The number of aryl methyl sites for hydroxylation is 1. The van der Waals surface area contributed by atoms with Gasteiger partial charge >= 0.3 is 0 Å². The van der Waals surface area contributed by atoms with E-state index in [0.717, 1.165) is 34.2 Å². The molecule has 1 atom stereocenters. The summed E-state index contributed by atoms with van der Waals surface area (Å²) in [6, 6.07) is 28.0. The number of fused-ring (bicyclic) bond motifs is 1. The molecule has 2 amide bonds. The molecule has 0 N–H and O–H groups in total. The number of amides is 2. The minimum Gasteiger partial charge on any atom is -0.497 e. The predicted octanol–water partition coefficient (Wildman–Crippen LogP) is 5.40. The van der Waals surface area contributed by atoms with Crippen LogP contribution >= 0.6 is 11.3 Å². The van der Waals surface area contributed by atoms with Crippen LogP contribution in [0.4, 0.5) is 0 Å². The van der Waals surface area contributed by atoms with E-state index >= 15 is 0 Å². The monoisotopic (exact) mass is 484 g/mol. The molecule has 1 aliphatic heterocycles. The van der Waals surface area contributed by atoms with Gasteiger partial charge in [0.1, 0.15) is 12.3 Å². The smallest absolute Gasteiger partial charge is 0.264 e. The van der Waals surface area contributed by atoms with E-state index < -0.39 is 0 Å². The molecule has 2 heterocycles. The zero-order chi connectivity index (χ0) is 24.2. The van der Waals surface area contributed by atoms with Crippen molar-refractivity contribution in [2.75, 3.05) is 20.2 Å². The summed E-state index contributed by atoms with van der Waals surface area (Å²) in [4.78, 5) is 31.2. The number of thiophene rings is 1. The maximum absolute atomic E-state index is 13.4. The lowest BCUT2D eigenvalue weighted by atomic mass is 10.0. The Labute approximate surface area is 209 Å². The predicted molar refractivity (Wildman–Crippen MR) is 140 cm³/mol. The Morgan fingerprint density at radius 2 is 1.74 bits per heavy atom. The van der Waals surface area contributed by atoms with E-state index in [-0.39, 0.29) is 24.4 Å². The second-order valence-electron chi connectivity index (χ2n) is 8.89. The molecule has 3 aromatic carbocycles. The lowest BCUT2D eigenvalue weighted by Crippen LogP contribution is -2.57. The fourth-order valence-electron chi connectivity index (χ4n) is 4.68. The van der Waals surface area contributed by atoms with Gasteiger partial charge in [-0.3, -0.25) is 9.59 Å². The number of nitrogens with zero attached hydrogens (tertiary/aromatic N) is 2. The molecule has 0 bridgehead atoms. The molecule has 0 radical (unpaired) electrons. The van der Waals surface area contributed by atoms with Crippen LogP contribution in [0.5, 0.6) is 5.75 Å². The van der Waals surface area contributed by atoms with Crippen LogP contribution in [0, 0.1) is 0 Å². The van der Waals surface area contributed by atoms with Crippen LogP contribution < -0.4 is 4.74 Å². The van der Waals surface area contributed by atoms with Crippen molar-refractivity contribution in [2.45, 2.75) is 25.4 Å². The van der Waals surface area contributed by atoms with E-state index in [1.165, 1.54) is 16.9 Å². The molecule has 0 aliphatic carbocycles. The highest BCUT2D eigenvalue weighted by molar-refractivity contribution is 7.20. The molecule has 6 heteroatoms. The van der Waals surface area contributed by atoms with Crippen LogP contribution in [-0.4, -0.2) is 47.9 Å². The van der Waals surface area contributed by atoms with E-state index in [0.29, 0.717) is 18.0 Å². The number of rotatable bonds is 7. The summed E-state index contributed by atoms with van der Waals surface area (Å²) < 4.78 is 6.45. The second-order valence-corrected chi connectivity index (χ2v) is 9.97. The third kappa shape index (κ3) is 5.23. The molecule has 5 nitrogen and oxygen atoms in total. The zero-order valence-electron chi connectivity index (χ0n) is 19.7. The first-order valence-corrected chi connectivity index (χ1v) is 12.7. The van der Waals surface area contributed by atoms with Gasteiger partial charge in [-0.05, 0) is 53.6 Å². The average Bonchev–Trinajstić information content (AvgIpc) is 3.33. The number of benzene rings is 3. The van der Waals surface area contributed by atoms with Gasteiger partial charge in [0.25, 0.3) is 5.91 Å². The highest BCUT2D eigenvalue weighted by atomic mass is 32.1. The highest BCUT2D eigenvalue weighted by Crippen LogP contribution is 2.28. The first-order valence-electron chi connectivity index (χ1n) is 11.8. The summed E-state index contributed by atoms with van der Waals surface area (Å²) in [6.07, 6.45) is 1.63. The maximum Gasteiger partial charge on any atom is 0.264 e. The summed E-state index contributed by atoms with van der Waals surface area (Å²) in [6.45, 7) is 1.12. The number of piperazine rings is 1. The Balaban J connectivity index is 1.38. The highest BCUT2D eigenvalue weighted by Gasteiger charge is 2.35. The Morgan fingerprint density at radius 1 is 0.971 bits per heavy atom. The molecule has 5 rings (SSSR count). The minimum absolute atomic E-state index is 0.0217. The maximum atomic E-state index is 13.4. The van der Waals surface area contributed by atoms with Gasteiger partial charge in [0.15, 0.2) is 0 Å². The normalized spacial score (nSPS) is 16.0. The van der Waals surface area contributed by atoms with Crippen LogP contribution in [0.15, 0.2) is 84.9 Å². The molecule has 0 saturated carbocycles. The molecule has 178 valence electrons. The van der Waals surface area contributed by atoms with Crippen molar-refractivity contribution in [3.05, 3.63) is 101 Å². The molecule has 0 unspecified atom stereocenters. The molecule has 1 saturated heterocycles. The Hall–Kier alpha value is -3.64. The van der Waals surface area contributed by atoms with Crippen molar-refractivity contribution < 1.29 is 14.3 Å². The quantitative estimate of drug-likeness (QED) is 0.353. The summed E-state index contributed by atoms with van der Waals surface area (Å²) in [7, 11) is 1.64. The third-order valence-corrected chi connectivity index (χ3v) is 7.64. The van der Waals surface area contributed by atoms with E-state index in [4.69, 9.17) is 4.74 Å². The van der Waals surface area contributed by atoms with Gasteiger partial charge in [-0.15, -0.1) is 11.3 Å². The zero-order valence-corrected chi connectivity index (χ0v) is 20.5. The number of ether oxygens (including phenoxy) is 1. The second kappa shape index (κ2) is 10.3. The fraction of sp³-hybridized carbons (Fsp3) is 0.241. The summed E-state index contributed by atoms with van der Waals surface area (Å²) in [5.74, 6) is 0.686. The van der Waals surface area contributed by atoms with Gasteiger partial charge in [-0.1, -0.05) is 60.7 Å². The third-order valence-electron chi connectivity index (χ3n) is 6.54. The molecule has 35 heavy (non-hydrogen) atoms. The molecule has 0 spiro atoms. The van der Waals surface area contributed by atoms with Gasteiger partial charge in [-0.2, -0.15) is 0 Å². The molecule has 1 fully saturated rings. The largest absolute Gasteiger partial charge is 0.497 e. The molecule has 1 aliphatic rings. The number of methoxy groups -OCH3 is 1. The van der Waals surface area contributed by atoms with Crippen LogP contribution in [-0.2, 0) is 17.8 Å². The van der Waals surface area contributed by atoms with Crippen molar-refractivity contribution in [3.8, 4) is 5.75 Å². The van der Waals surface area contributed by atoms with Crippen LogP contribution in [0.1, 0.15) is 27.2 Å². The van der Waals surface area contributed by atoms with Crippen LogP contribution in [0.25, 0.3) is 10.1 Å². The first kappa shape index (κ1) is 23.1. The molecule has 4 aromatic rings. The molecular weight excluding hydrogens is 456 g/mol. The van der Waals surface area contributed by atoms with Crippen molar-refractivity contribution in [1.82, 2.24) is 9.80 Å². The van der Waals surface area contributed by atoms with E-state index in [2.05, 4.69) is 12.1 Å². The number of hydrogen-bond acceptors (Lipinski definition) is 4. The fourth-order valence-corrected chi connectivity index (χ4v) is 5.71. The van der Waals surface area contributed by atoms with Crippen LogP contribution in [0.3, 0.4) is 0 Å². The van der Waals surface area contributed by atoms with Crippen molar-refractivity contribution in [2.24, 2.45) is 0 Å². The summed E-state index contributed by atoms with van der Waals surface area (Å²) in [5, 5.41) is 1.06. The topological polar surface area (TPSA) is 49.9 Å². The van der Waals surface area contributed by atoms with Crippen molar-refractivity contribution in [1.29, 1.82) is 0 Å². The van der Waals surface area contributed by atoms with E-state index in [1.807, 2.05) is 77.7 Å². The Kier molecular flexibility index (Phi) is 6.82. The standard InChI is InChI=1S/C29H28N2O3S/c1-34-25-12-7-10-22(16-25)18-31-24(15-14-21-8-3-2-4-9-21)19-30(20-28(31)32)29(33)27-17-23-11-5-6-13-26(23)35-27/h2-13,16-17,24H,14-15,18-20H2,1H3/t24-/m0/s1. The lowest BCUT2D eigenvalue weighted by molar-refractivity contribution is -0.139. The number of carbonyl (C=O) groups is 2. The van der Waals surface area contributed by atoms with E-state index in [9.17, 15) is 9.59 Å². The minimum atomic E-state index is -0.0685. The van der Waals surface area contributed by atoms with Gasteiger partial charge < -0.3 is 14.5 Å². The van der Waals surface area contributed by atoms with E-state index in [1.54, 1.807) is 12.0 Å². The van der Waals surface area contributed by atoms with Gasteiger partial charge in [-0.25, -0.2) is 0 Å². The first-order chi connectivity index (χ1) is 17.1.